The maximum atomic E-state index is 13.1. The number of sulfonamides is 1. The van der Waals surface area contributed by atoms with Gasteiger partial charge in [0, 0.05) is 28.1 Å². The lowest BCUT2D eigenvalue weighted by molar-refractivity contribution is 0.112. The third-order valence-corrected chi connectivity index (χ3v) is 7.80. The van der Waals surface area contributed by atoms with Gasteiger partial charge < -0.3 is 4.98 Å². The molecule has 4 rings (SSSR count). The largest absolute Gasteiger partial charge is 0.354 e. The van der Waals surface area contributed by atoms with Crippen LogP contribution in [0.4, 0.5) is 0 Å². The molecule has 0 unspecified atom stereocenters. The molecule has 0 amide bonds. The number of nitrogens with zero attached hydrogens (tertiary/aromatic N) is 1. The molecule has 1 aliphatic rings. The third kappa shape index (κ3) is 3.36. The summed E-state index contributed by atoms with van der Waals surface area (Å²) in [7, 11) is -3.82. The predicted molar refractivity (Wildman–Crippen MR) is 111 cm³/mol. The standard InChI is InChI=1S/C21H21ClN2O3S/c22-24(16-8-2-1-3-9-16)28(26,27)17-10-6-7-15(13-17)21-19(14-25)18-11-4-5-12-20(18)23-21/h4-7,10-14,16,23H,1-3,8-9H2. The molecule has 0 aliphatic heterocycles. The lowest BCUT2D eigenvalue weighted by Gasteiger charge is -2.28. The summed E-state index contributed by atoms with van der Waals surface area (Å²) in [6.07, 6.45) is 5.44. The molecule has 0 bridgehead atoms. The van der Waals surface area contributed by atoms with Gasteiger partial charge >= 0.3 is 0 Å². The van der Waals surface area contributed by atoms with Crippen molar-refractivity contribution in [2.75, 3.05) is 0 Å². The van der Waals surface area contributed by atoms with Gasteiger partial charge in [0.1, 0.15) is 0 Å². The number of aromatic nitrogens is 1. The van der Waals surface area contributed by atoms with Crippen molar-refractivity contribution in [1.29, 1.82) is 0 Å². The van der Waals surface area contributed by atoms with Gasteiger partial charge in [-0.05, 0) is 42.8 Å². The van der Waals surface area contributed by atoms with Crippen LogP contribution in [0.15, 0.2) is 53.4 Å². The Morgan fingerprint density at radius 2 is 1.79 bits per heavy atom. The highest BCUT2D eigenvalue weighted by atomic mass is 35.5. The van der Waals surface area contributed by atoms with Crippen molar-refractivity contribution in [2.45, 2.75) is 43.0 Å². The van der Waals surface area contributed by atoms with Gasteiger partial charge in [0.05, 0.1) is 10.6 Å². The first-order valence-electron chi connectivity index (χ1n) is 9.39. The van der Waals surface area contributed by atoms with Crippen LogP contribution < -0.4 is 0 Å². The molecule has 1 saturated carbocycles. The minimum atomic E-state index is -3.82. The smallest absolute Gasteiger partial charge is 0.256 e. The number of aromatic amines is 1. The van der Waals surface area contributed by atoms with Gasteiger partial charge in [-0.2, -0.15) is 0 Å². The minimum absolute atomic E-state index is 0.126. The maximum Gasteiger partial charge on any atom is 0.256 e. The molecule has 1 aromatic heterocycles. The number of aldehydes is 1. The number of rotatable bonds is 5. The normalized spacial score (nSPS) is 15.9. The highest BCUT2D eigenvalue weighted by molar-refractivity contribution is 7.90. The van der Waals surface area contributed by atoms with E-state index in [0.717, 1.165) is 53.1 Å². The van der Waals surface area contributed by atoms with Crippen molar-refractivity contribution < 1.29 is 13.2 Å². The molecule has 0 radical (unpaired) electrons. The average Bonchev–Trinajstić information content (AvgIpc) is 3.12. The Balaban J connectivity index is 1.75. The number of benzene rings is 2. The third-order valence-electron chi connectivity index (χ3n) is 5.38. The Hall–Kier alpha value is -2.15. The molecule has 1 N–H and O–H groups in total. The topological polar surface area (TPSA) is 70.2 Å². The van der Waals surface area contributed by atoms with E-state index >= 15 is 0 Å². The van der Waals surface area contributed by atoms with E-state index in [1.165, 1.54) is 0 Å². The highest BCUT2D eigenvalue weighted by Gasteiger charge is 2.31. The van der Waals surface area contributed by atoms with Crippen molar-refractivity contribution in [3.8, 4) is 11.3 Å². The van der Waals surface area contributed by atoms with E-state index in [9.17, 15) is 13.2 Å². The van der Waals surface area contributed by atoms with Crippen LogP contribution in [0.2, 0.25) is 0 Å². The Morgan fingerprint density at radius 1 is 1.04 bits per heavy atom. The molecule has 0 spiro atoms. The molecule has 1 fully saturated rings. The summed E-state index contributed by atoms with van der Waals surface area (Å²) < 4.78 is 27.1. The van der Waals surface area contributed by atoms with Crippen LogP contribution in [0.1, 0.15) is 42.5 Å². The van der Waals surface area contributed by atoms with Crippen molar-refractivity contribution >= 4 is 39.0 Å². The van der Waals surface area contributed by atoms with Gasteiger partial charge in [-0.1, -0.05) is 49.6 Å². The van der Waals surface area contributed by atoms with E-state index in [0.29, 0.717) is 16.8 Å². The van der Waals surface area contributed by atoms with E-state index in [4.69, 9.17) is 11.8 Å². The number of halogens is 1. The fourth-order valence-corrected chi connectivity index (χ4v) is 5.67. The van der Waals surface area contributed by atoms with Gasteiger partial charge in [-0.25, -0.2) is 8.42 Å². The van der Waals surface area contributed by atoms with E-state index in [2.05, 4.69) is 4.98 Å². The minimum Gasteiger partial charge on any atom is -0.354 e. The summed E-state index contributed by atoms with van der Waals surface area (Å²) in [5, 5.41) is 0.807. The second-order valence-electron chi connectivity index (χ2n) is 7.14. The molecule has 146 valence electrons. The maximum absolute atomic E-state index is 13.1. The fraction of sp³-hybridized carbons (Fsp3) is 0.286. The Bertz CT molecular complexity index is 1120. The van der Waals surface area contributed by atoms with Crippen LogP contribution in [0, 0.1) is 0 Å². The number of hydrogen-bond acceptors (Lipinski definition) is 3. The van der Waals surface area contributed by atoms with Gasteiger partial charge in [-0.3, -0.25) is 4.79 Å². The first-order valence-corrected chi connectivity index (χ1v) is 11.2. The summed E-state index contributed by atoms with van der Waals surface area (Å²) in [5.74, 6) is 0. The van der Waals surface area contributed by atoms with Crippen LogP contribution in [-0.2, 0) is 10.0 Å². The van der Waals surface area contributed by atoms with Crippen molar-refractivity contribution in [1.82, 2.24) is 8.81 Å². The number of nitrogens with one attached hydrogen (secondary N) is 1. The molecule has 28 heavy (non-hydrogen) atoms. The molecule has 2 aromatic carbocycles. The Morgan fingerprint density at radius 3 is 2.54 bits per heavy atom. The van der Waals surface area contributed by atoms with Gasteiger partial charge in [-0.15, -0.1) is 3.82 Å². The first kappa shape index (κ1) is 19.2. The number of H-pyrrole nitrogens is 1. The van der Waals surface area contributed by atoms with Crippen molar-refractivity contribution in [3.63, 3.8) is 0 Å². The van der Waals surface area contributed by atoms with Crippen LogP contribution >= 0.6 is 11.8 Å². The molecule has 3 aromatic rings. The highest BCUT2D eigenvalue weighted by Crippen LogP contribution is 2.33. The second-order valence-corrected chi connectivity index (χ2v) is 9.52. The summed E-state index contributed by atoms with van der Waals surface area (Å²) in [4.78, 5) is 15.1. The van der Waals surface area contributed by atoms with E-state index in [-0.39, 0.29) is 10.9 Å². The number of para-hydroxylation sites is 1. The summed E-state index contributed by atoms with van der Waals surface area (Å²) in [6, 6.07) is 13.9. The van der Waals surface area contributed by atoms with Crippen LogP contribution in [-0.4, -0.2) is 29.6 Å². The molecule has 0 atom stereocenters. The summed E-state index contributed by atoms with van der Waals surface area (Å²) in [5.41, 5.74) is 2.58. The lowest BCUT2D eigenvalue weighted by atomic mass is 9.96. The Kier molecular flexibility index (Phi) is 5.27. The molecule has 1 aliphatic carbocycles. The average molecular weight is 417 g/mol. The van der Waals surface area contributed by atoms with Crippen LogP contribution in [0.3, 0.4) is 0 Å². The van der Waals surface area contributed by atoms with Gasteiger partial charge in [0.25, 0.3) is 10.0 Å². The molecule has 0 saturated heterocycles. The van der Waals surface area contributed by atoms with Crippen molar-refractivity contribution in [2.24, 2.45) is 0 Å². The van der Waals surface area contributed by atoms with Gasteiger partial charge in [0.15, 0.2) is 6.29 Å². The number of carbonyl (C=O) groups is 1. The zero-order valence-electron chi connectivity index (χ0n) is 15.3. The molecular formula is C21H21ClN2O3S. The predicted octanol–water partition coefficient (Wildman–Crippen LogP) is 5.12. The van der Waals surface area contributed by atoms with E-state index < -0.39 is 10.0 Å². The van der Waals surface area contributed by atoms with Crippen LogP contribution in [0.25, 0.3) is 22.2 Å². The molecule has 1 heterocycles. The number of fused-ring (bicyclic) bond motifs is 1. The monoisotopic (exact) mass is 416 g/mol. The zero-order valence-corrected chi connectivity index (χ0v) is 16.8. The van der Waals surface area contributed by atoms with Crippen LogP contribution in [0.5, 0.6) is 0 Å². The second kappa shape index (κ2) is 7.70. The van der Waals surface area contributed by atoms with E-state index in [1.54, 1.807) is 24.3 Å². The van der Waals surface area contributed by atoms with Gasteiger partial charge in [0.2, 0.25) is 0 Å². The quantitative estimate of drug-likeness (QED) is 0.463. The molecular weight excluding hydrogens is 396 g/mol. The molecule has 7 heteroatoms. The lowest BCUT2D eigenvalue weighted by Crippen LogP contribution is -2.34. The molecule has 5 nitrogen and oxygen atoms in total. The number of carbonyl (C=O) groups excluding carboxylic acids is 1. The number of hydrogen-bond donors (Lipinski definition) is 1. The summed E-state index contributed by atoms with van der Waals surface area (Å²) >= 11 is 6.29. The fourth-order valence-electron chi connectivity index (χ4n) is 3.91. The Labute approximate surface area is 169 Å². The SMILES string of the molecule is O=Cc1c(-c2cccc(S(=O)(=O)N(Cl)C3CCCCC3)c2)[nH]c2ccccc12. The first-order chi connectivity index (χ1) is 13.5. The summed E-state index contributed by atoms with van der Waals surface area (Å²) in [6.45, 7) is 0. The van der Waals surface area contributed by atoms with Crippen molar-refractivity contribution in [3.05, 3.63) is 54.1 Å². The zero-order chi connectivity index (χ0) is 19.7. The van der Waals surface area contributed by atoms with E-state index in [1.807, 2.05) is 24.3 Å².